The fraction of sp³-hybridized carbons (Fsp3) is 0.375. The van der Waals surface area contributed by atoms with Crippen molar-refractivity contribution < 1.29 is 17.9 Å². The molecule has 0 aliphatic carbocycles. The highest BCUT2D eigenvalue weighted by Gasteiger charge is 2.31. The van der Waals surface area contributed by atoms with Gasteiger partial charge >= 0.3 is 6.36 Å². The zero-order valence-corrected chi connectivity index (χ0v) is 15.6. The van der Waals surface area contributed by atoms with Crippen LogP contribution in [0.15, 0.2) is 41.8 Å². The van der Waals surface area contributed by atoms with Crippen molar-refractivity contribution in [3.05, 3.63) is 52.2 Å². The van der Waals surface area contributed by atoms with Crippen LogP contribution in [0, 0.1) is 0 Å². The Bertz CT molecular complexity index is 617. The standard InChI is InChI=1S/C16H17F3N2OS.2ClH/c17-16(18,19)22-13-5-3-12(4-6-13)15(14-2-1-11-23-14)21-9-7-20-8-10-21;;/h1-6,11,15,20H,7-10H2;2*1H/t15-;;/m0../s1. The Labute approximate surface area is 161 Å². The number of benzene rings is 1. The van der Waals surface area contributed by atoms with Crippen LogP contribution in [0.25, 0.3) is 0 Å². The summed E-state index contributed by atoms with van der Waals surface area (Å²) in [6, 6.07) is 10.3. The lowest BCUT2D eigenvalue weighted by molar-refractivity contribution is -0.274. The molecule has 0 radical (unpaired) electrons. The summed E-state index contributed by atoms with van der Waals surface area (Å²) in [6.45, 7) is 3.64. The average Bonchev–Trinajstić information content (AvgIpc) is 3.03. The molecule has 2 aromatic rings. The minimum Gasteiger partial charge on any atom is -0.406 e. The zero-order chi connectivity index (χ0) is 16.3. The van der Waals surface area contributed by atoms with Crippen molar-refractivity contribution in [1.29, 1.82) is 0 Å². The lowest BCUT2D eigenvalue weighted by Crippen LogP contribution is -2.45. The van der Waals surface area contributed by atoms with Gasteiger partial charge in [0.2, 0.25) is 0 Å². The summed E-state index contributed by atoms with van der Waals surface area (Å²) >= 11 is 1.66. The van der Waals surface area contributed by atoms with Crippen LogP contribution in [-0.4, -0.2) is 37.4 Å². The zero-order valence-electron chi connectivity index (χ0n) is 13.2. The molecule has 0 unspecified atom stereocenters. The van der Waals surface area contributed by atoms with Crippen molar-refractivity contribution in [2.75, 3.05) is 26.2 Å². The highest BCUT2D eigenvalue weighted by atomic mass is 35.5. The summed E-state index contributed by atoms with van der Waals surface area (Å²) in [4.78, 5) is 3.54. The maximum absolute atomic E-state index is 12.3. The number of nitrogens with one attached hydrogen (secondary N) is 1. The number of thiophene rings is 1. The van der Waals surface area contributed by atoms with Gasteiger partial charge in [-0.3, -0.25) is 4.90 Å². The first-order valence-electron chi connectivity index (χ1n) is 7.37. The molecular formula is C16H19Cl2F3N2OS. The molecule has 25 heavy (non-hydrogen) atoms. The van der Waals surface area contributed by atoms with Crippen LogP contribution in [0.5, 0.6) is 5.75 Å². The Kier molecular flexibility index (Phi) is 8.50. The second-order valence-corrected chi connectivity index (χ2v) is 6.30. The summed E-state index contributed by atoms with van der Waals surface area (Å²) in [7, 11) is 0. The quantitative estimate of drug-likeness (QED) is 0.797. The number of piperazine rings is 1. The van der Waals surface area contributed by atoms with Gasteiger partial charge in [0.1, 0.15) is 5.75 Å². The molecule has 2 heterocycles. The fourth-order valence-corrected chi connectivity index (χ4v) is 3.68. The highest BCUT2D eigenvalue weighted by molar-refractivity contribution is 7.10. The van der Waals surface area contributed by atoms with Crippen LogP contribution < -0.4 is 10.1 Å². The third-order valence-corrected chi connectivity index (χ3v) is 4.68. The molecule has 1 aromatic carbocycles. The van der Waals surface area contributed by atoms with E-state index in [4.69, 9.17) is 0 Å². The van der Waals surface area contributed by atoms with Gasteiger partial charge in [0, 0.05) is 31.1 Å². The van der Waals surface area contributed by atoms with Crippen molar-refractivity contribution in [3.63, 3.8) is 0 Å². The van der Waals surface area contributed by atoms with Gasteiger partial charge in [-0.1, -0.05) is 18.2 Å². The predicted molar refractivity (Wildman–Crippen MR) is 98.2 cm³/mol. The van der Waals surface area contributed by atoms with E-state index in [1.165, 1.54) is 17.0 Å². The molecule has 3 rings (SSSR count). The second-order valence-electron chi connectivity index (χ2n) is 5.32. The molecule has 1 N–H and O–H groups in total. The van der Waals surface area contributed by atoms with Crippen molar-refractivity contribution in [2.45, 2.75) is 12.4 Å². The Morgan fingerprint density at radius 1 is 1.04 bits per heavy atom. The molecule has 140 valence electrons. The van der Waals surface area contributed by atoms with Crippen molar-refractivity contribution in [2.24, 2.45) is 0 Å². The van der Waals surface area contributed by atoms with Crippen LogP contribution in [0.4, 0.5) is 13.2 Å². The lowest BCUT2D eigenvalue weighted by Gasteiger charge is -2.34. The normalized spacial score (nSPS) is 16.4. The summed E-state index contributed by atoms with van der Waals surface area (Å²) in [5.74, 6) is -0.188. The van der Waals surface area contributed by atoms with E-state index in [9.17, 15) is 13.2 Å². The smallest absolute Gasteiger partial charge is 0.406 e. The van der Waals surface area contributed by atoms with E-state index in [1.807, 2.05) is 11.4 Å². The minimum atomic E-state index is -4.66. The molecule has 1 aliphatic rings. The third-order valence-electron chi connectivity index (χ3n) is 3.76. The second kappa shape index (κ2) is 9.64. The molecule has 1 atom stereocenters. The van der Waals surface area contributed by atoms with Gasteiger partial charge < -0.3 is 10.1 Å². The molecule has 9 heteroatoms. The maximum atomic E-state index is 12.3. The largest absolute Gasteiger partial charge is 0.573 e. The first kappa shape index (κ1) is 22.1. The van der Waals surface area contributed by atoms with E-state index in [-0.39, 0.29) is 36.6 Å². The number of hydrogen-bond acceptors (Lipinski definition) is 4. The van der Waals surface area contributed by atoms with E-state index in [0.717, 1.165) is 31.7 Å². The summed E-state index contributed by atoms with van der Waals surface area (Å²) in [6.07, 6.45) is -4.66. The molecule has 1 aromatic heterocycles. The number of halogens is 5. The molecular weight excluding hydrogens is 396 g/mol. The van der Waals surface area contributed by atoms with Gasteiger partial charge in [-0.05, 0) is 29.1 Å². The van der Waals surface area contributed by atoms with E-state index in [2.05, 4.69) is 21.0 Å². The predicted octanol–water partition coefficient (Wildman–Crippen LogP) is 4.48. The Morgan fingerprint density at radius 3 is 2.20 bits per heavy atom. The van der Waals surface area contributed by atoms with Crippen molar-refractivity contribution in [3.8, 4) is 5.75 Å². The van der Waals surface area contributed by atoms with Gasteiger partial charge in [0.05, 0.1) is 6.04 Å². The maximum Gasteiger partial charge on any atom is 0.573 e. The number of ether oxygens (including phenoxy) is 1. The van der Waals surface area contributed by atoms with Gasteiger partial charge in [-0.25, -0.2) is 0 Å². The topological polar surface area (TPSA) is 24.5 Å². The van der Waals surface area contributed by atoms with Gasteiger partial charge in [-0.15, -0.1) is 49.3 Å². The van der Waals surface area contributed by atoms with Crippen LogP contribution >= 0.6 is 36.2 Å². The minimum absolute atomic E-state index is 0. The SMILES string of the molecule is Cl.Cl.FC(F)(F)Oc1ccc([C@@H](c2cccs2)N2CCNCC2)cc1. The Balaban J connectivity index is 0.00000156. The van der Waals surface area contributed by atoms with E-state index in [0.29, 0.717) is 0 Å². The van der Waals surface area contributed by atoms with E-state index < -0.39 is 6.36 Å². The molecule has 1 aliphatic heterocycles. The number of rotatable bonds is 4. The van der Waals surface area contributed by atoms with E-state index in [1.54, 1.807) is 23.5 Å². The van der Waals surface area contributed by atoms with Crippen LogP contribution in [0.1, 0.15) is 16.5 Å². The molecule has 3 nitrogen and oxygen atoms in total. The summed E-state index contributed by atoms with van der Waals surface area (Å²) < 4.78 is 40.8. The fourth-order valence-electron chi connectivity index (χ4n) is 2.79. The molecule has 0 bridgehead atoms. The average molecular weight is 415 g/mol. The Hall–Kier alpha value is -0.990. The van der Waals surface area contributed by atoms with Gasteiger partial charge in [-0.2, -0.15) is 0 Å². The van der Waals surface area contributed by atoms with Crippen LogP contribution in [0.3, 0.4) is 0 Å². The van der Waals surface area contributed by atoms with Gasteiger partial charge in [0.15, 0.2) is 0 Å². The molecule has 0 spiro atoms. The molecule has 0 saturated carbocycles. The molecule has 1 saturated heterocycles. The van der Waals surface area contributed by atoms with Gasteiger partial charge in [0.25, 0.3) is 0 Å². The monoisotopic (exact) mass is 414 g/mol. The van der Waals surface area contributed by atoms with E-state index >= 15 is 0 Å². The number of hydrogen-bond donors (Lipinski definition) is 1. The Morgan fingerprint density at radius 2 is 1.68 bits per heavy atom. The van der Waals surface area contributed by atoms with Crippen molar-refractivity contribution >= 4 is 36.2 Å². The van der Waals surface area contributed by atoms with Crippen LogP contribution in [-0.2, 0) is 0 Å². The first-order chi connectivity index (χ1) is 11.0. The van der Waals surface area contributed by atoms with Crippen molar-refractivity contribution in [1.82, 2.24) is 10.2 Å². The first-order valence-corrected chi connectivity index (χ1v) is 8.25. The van der Waals surface area contributed by atoms with Crippen LogP contribution in [0.2, 0.25) is 0 Å². The molecule has 1 fully saturated rings. The molecule has 0 amide bonds. The lowest BCUT2D eigenvalue weighted by atomic mass is 10.0. The summed E-state index contributed by atoms with van der Waals surface area (Å²) in [5, 5.41) is 5.34. The number of alkyl halides is 3. The number of nitrogens with zero attached hydrogens (tertiary/aromatic N) is 1. The third kappa shape index (κ3) is 6.04. The summed E-state index contributed by atoms with van der Waals surface area (Å²) in [5.41, 5.74) is 0.976. The highest BCUT2D eigenvalue weighted by Crippen LogP contribution is 2.33.